The quantitative estimate of drug-likeness (QED) is 0.670. The van der Waals surface area contributed by atoms with Crippen LogP contribution in [0, 0.1) is 11.8 Å². The molecule has 0 bridgehead atoms. The SMILES string of the molecule is C[C@@H](CO)CC[C@@H]1[C@H](C)c2cc(C(F)(F)F)ccc2N[C@H]1c1ccccc1. The molecule has 0 saturated heterocycles. The zero-order valence-corrected chi connectivity index (χ0v) is 15.6. The number of benzene rings is 2. The summed E-state index contributed by atoms with van der Waals surface area (Å²) in [6.07, 6.45) is -2.66. The summed E-state index contributed by atoms with van der Waals surface area (Å²) in [5.74, 6) is 0.313. The molecule has 146 valence electrons. The van der Waals surface area contributed by atoms with E-state index in [1.165, 1.54) is 6.07 Å². The Kier molecular flexibility index (Phi) is 5.80. The monoisotopic (exact) mass is 377 g/mol. The molecule has 1 aliphatic heterocycles. The molecule has 0 amide bonds. The van der Waals surface area contributed by atoms with Gasteiger partial charge in [-0.2, -0.15) is 13.2 Å². The van der Waals surface area contributed by atoms with Gasteiger partial charge < -0.3 is 10.4 Å². The Morgan fingerprint density at radius 3 is 2.44 bits per heavy atom. The van der Waals surface area contributed by atoms with Crippen molar-refractivity contribution in [1.82, 2.24) is 0 Å². The zero-order valence-electron chi connectivity index (χ0n) is 15.6. The van der Waals surface area contributed by atoms with Crippen LogP contribution >= 0.6 is 0 Å². The molecule has 0 saturated carbocycles. The first kappa shape index (κ1) is 19.7. The first-order chi connectivity index (χ1) is 12.8. The van der Waals surface area contributed by atoms with E-state index < -0.39 is 11.7 Å². The van der Waals surface area contributed by atoms with E-state index in [1.807, 2.05) is 32.0 Å². The molecule has 4 atom stereocenters. The minimum Gasteiger partial charge on any atom is -0.396 e. The Hall–Kier alpha value is -2.01. The van der Waals surface area contributed by atoms with Crippen LogP contribution in [0.15, 0.2) is 48.5 Å². The molecule has 2 N–H and O–H groups in total. The minimum absolute atomic E-state index is 0.0142. The largest absolute Gasteiger partial charge is 0.416 e. The zero-order chi connectivity index (χ0) is 19.6. The number of hydrogen-bond donors (Lipinski definition) is 2. The molecule has 3 rings (SSSR count). The first-order valence-electron chi connectivity index (χ1n) is 9.44. The lowest BCUT2D eigenvalue weighted by Crippen LogP contribution is -2.31. The predicted octanol–water partition coefficient (Wildman–Crippen LogP) is 6.00. The van der Waals surface area contributed by atoms with Crippen molar-refractivity contribution >= 4 is 5.69 Å². The summed E-state index contributed by atoms with van der Waals surface area (Å²) in [7, 11) is 0. The van der Waals surface area contributed by atoms with E-state index in [4.69, 9.17) is 0 Å². The fraction of sp³-hybridized carbons (Fsp3) is 0.455. The third-order valence-electron chi connectivity index (χ3n) is 5.71. The van der Waals surface area contributed by atoms with Crippen LogP contribution in [0.25, 0.3) is 0 Å². The van der Waals surface area contributed by atoms with Gasteiger partial charge in [-0.15, -0.1) is 0 Å². The van der Waals surface area contributed by atoms with Crippen molar-refractivity contribution in [2.24, 2.45) is 11.8 Å². The maximum Gasteiger partial charge on any atom is 0.416 e. The molecule has 27 heavy (non-hydrogen) atoms. The number of fused-ring (bicyclic) bond motifs is 1. The number of anilines is 1. The number of alkyl halides is 3. The summed E-state index contributed by atoms with van der Waals surface area (Å²) in [6.45, 7) is 4.14. The van der Waals surface area contributed by atoms with Crippen LogP contribution in [-0.4, -0.2) is 11.7 Å². The first-order valence-corrected chi connectivity index (χ1v) is 9.44. The van der Waals surface area contributed by atoms with E-state index in [0.29, 0.717) is 0 Å². The highest BCUT2D eigenvalue weighted by molar-refractivity contribution is 5.59. The van der Waals surface area contributed by atoms with E-state index in [0.717, 1.165) is 35.7 Å². The molecule has 0 unspecified atom stereocenters. The molecular formula is C22H26F3NO. The molecule has 0 aromatic heterocycles. The molecule has 0 fully saturated rings. The molecular weight excluding hydrogens is 351 g/mol. The number of halogens is 3. The van der Waals surface area contributed by atoms with Crippen molar-refractivity contribution in [3.05, 3.63) is 65.2 Å². The summed E-state index contributed by atoms with van der Waals surface area (Å²) in [6, 6.07) is 14.1. The molecule has 1 aliphatic rings. The van der Waals surface area contributed by atoms with E-state index in [2.05, 4.69) is 17.4 Å². The average molecular weight is 377 g/mol. The van der Waals surface area contributed by atoms with Gasteiger partial charge in [0.1, 0.15) is 0 Å². The van der Waals surface area contributed by atoms with Gasteiger partial charge in [-0.3, -0.25) is 0 Å². The third kappa shape index (κ3) is 4.29. The van der Waals surface area contributed by atoms with Crippen molar-refractivity contribution in [2.45, 2.75) is 44.8 Å². The van der Waals surface area contributed by atoms with Crippen molar-refractivity contribution in [3.8, 4) is 0 Å². The maximum absolute atomic E-state index is 13.2. The van der Waals surface area contributed by atoms with Gasteiger partial charge in [-0.1, -0.05) is 44.2 Å². The van der Waals surface area contributed by atoms with Gasteiger partial charge in [-0.25, -0.2) is 0 Å². The minimum atomic E-state index is -4.34. The van der Waals surface area contributed by atoms with Crippen LogP contribution in [0.3, 0.4) is 0 Å². The number of rotatable bonds is 5. The van der Waals surface area contributed by atoms with Gasteiger partial charge in [0.15, 0.2) is 0 Å². The second kappa shape index (κ2) is 7.93. The van der Waals surface area contributed by atoms with Crippen LogP contribution in [0.4, 0.5) is 18.9 Å². The Morgan fingerprint density at radius 2 is 1.81 bits per heavy atom. The van der Waals surface area contributed by atoms with Gasteiger partial charge in [0.25, 0.3) is 0 Å². The van der Waals surface area contributed by atoms with Crippen LogP contribution in [0.2, 0.25) is 0 Å². The van der Waals surface area contributed by atoms with Crippen LogP contribution in [0.5, 0.6) is 0 Å². The summed E-state index contributed by atoms with van der Waals surface area (Å²) in [5.41, 5.74) is 2.03. The number of aliphatic hydroxyl groups excluding tert-OH is 1. The van der Waals surface area contributed by atoms with E-state index in [1.54, 1.807) is 6.07 Å². The Labute approximate surface area is 158 Å². The normalized spacial score (nSPS) is 23.4. The van der Waals surface area contributed by atoms with Crippen LogP contribution in [-0.2, 0) is 6.18 Å². The predicted molar refractivity (Wildman–Crippen MR) is 102 cm³/mol. The second-order valence-corrected chi connectivity index (χ2v) is 7.65. The molecule has 1 heterocycles. The lowest BCUT2D eigenvalue weighted by Gasteiger charge is -2.40. The molecule has 0 spiro atoms. The van der Waals surface area contributed by atoms with Gasteiger partial charge in [-0.05, 0) is 59.9 Å². The molecule has 2 aromatic rings. The van der Waals surface area contributed by atoms with Gasteiger partial charge in [0.05, 0.1) is 11.6 Å². The van der Waals surface area contributed by atoms with Crippen molar-refractivity contribution in [1.29, 1.82) is 0 Å². The Bertz CT molecular complexity index is 760. The van der Waals surface area contributed by atoms with Crippen molar-refractivity contribution in [3.63, 3.8) is 0 Å². The third-order valence-corrected chi connectivity index (χ3v) is 5.71. The van der Waals surface area contributed by atoms with Gasteiger partial charge in [0, 0.05) is 12.3 Å². The Balaban J connectivity index is 1.97. The summed E-state index contributed by atoms with van der Waals surface area (Å²) in [4.78, 5) is 0. The fourth-order valence-corrected chi connectivity index (χ4v) is 4.02. The van der Waals surface area contributed by atoms with E-state index in [9.17, 15) is 18.3 Å². The van der Waals surface area contributed by atoms with Crippen molar-refractivity contribution < 1.29 is 18.3 Å². The highest BCUT2D eigenvalue weighted by Crippen LogP contribution is 2.48. The van der Waals surface area contributed by atoms with E-state index >= 15 is 0 Å². The lowest BCUT2D eigenvalue weighted by atomic mass is 9.73. The van der Waals surface area contributed by atoms with Crippen LogP contribution in [0.1, 0.15) is 55.3 Å². The molecule has 0 aliphatic carbocycles. The standard InChI is InChI=1S/C22H26F3NO/c1-14(13-27)8-10-18-15(2)19-12-17(22(23,24)25)9-11-20(19)26-21(18)16-6-4-3-5-7-16/h3-7,9,11-12,14-15,18,21,26-27H,8,10,13H2,1-2H3/t14-,15+,18-,21+/m1/s1. The summed E-state index contributed by atoms with van der Waals surface area (Å²) >= 11 is 0. The topological polar surface area (TPSA) is 32.3 Å². The molecule has 5 heteroatoms. The smallest absolute Gasteiger partial charge is 0.396 e. The second-order valence-electron chi connectivity index (χ2n) is 7.65. The number of aliphatic hydroxyl groups is 1. The van der Waals surface area contributed by atoms with Crippen molar-refractivity contribution in [2.75, 3.05) is 11.9 Å². The van der Waals surface area contributed by atoms with E-state index in [-0.39, 0.29) is 30.4 Å². The highest BCUT2D eigenvalue weighted by Gasteiger charge is 2.37. The summed E-state index contributed by atoms with van der Waals surface area (Å²) in [5, 5.41) is 12.8. The molecule has 2 nitrogen and oxygen atoms in total. The number of hydrogen-bond acceptors (Lipinski definition) is 2. The Morgan fingerprint density at radius 1 is 1.11 bits per heavy atom. The van der Waals surface area contributed by atoms with Gasteiger partial charge in [0.2, 0.25) is 0 Å². The van der Waals surface area contributed by atoms with Crippen LogP contribution < -0.4 is 5.32 Å². The van der Waals surface area contributed by atoms with Gasteiger partial charge >= 0.3 is 6.18 Å². The summed E-state index contributed by atoms with van der Waals surface area (Å²) < 4.78 is 39.5. The maximum atomic E-state index is 13.2. The fourth-order valence-electron chi connectivity index (χ4n) is 4.02. The number of nitrogens with one attached hydrogen (secondary N) is 1. The highest BCUT2D eigenvalue weighted by atomic mass is 19.4. The molecule has 2 aromatic carbocycles. The lowest BCUT2D eigenvalue weighted by molar-refractivity contribution is -0.137. The average Bonchev–Trinajstić information content (AvgIpc) is 2.66. The molecule has 0 radical (unpaired) electrons.